The zero-order valence-electron chi connectivity index (χ0n) is 20.5. The fraction of sp³-hybridized carbons (Fsp3) is 0.462. The van der Waals surface area contributed by atoms with Gasteiger partial charge in [0.15, 0.2) is 5.78 Å². The summed E-state index contributed by atoms with van der Waals surface area (Å²) in [5, 5.41) is 3.92. The van der Waals surface area contributed by atoms with Crippen LogP contribution in [0.1, 0.15) is 76.6 Å². The Morgan fingerprint density at radius 3 is 2.24 bits per heavy atom. The summed E-state index contributed by atoms with van der Waals surface area (Å²) in [5.41, 5.74) is 7.57. The van der Waals surface area contributed by atoms with E-state index < -0.39 is 0 Å². The van der Waals surface area contributed by atoms with Crippen molar-refractivity contribution in [2.24, 2.45) is 11.7 Å². The number of primary amides is 1. The number of amides is 1. The first kappa shape index (κ1) is 28.3. The molecule has 0 saturated heterocycles. The summed E-state index contributed by atoms with van der Waals surface area (Å²) in [4.78, 5) is 30.8. The van der Waals surface area contributed by atoms with Gasteiger partial charge >= 0.3 is 0 Å². The normalized spacial score (nSPS) is 11.1. The number of nitrogens with two attached hydrogens (primary N) is 1. The molecule has 33 heavy (non-hydrogen) atoms. The van der Waals surface area contributed by atoms with Gasteiger partial charge in [-0.05, 0) is 44.7 Å². The van der Waals surface area contributed by atoms with Gasteiger partial charge in [0.2, 0.25) is 11.9 Å². The number of ketones is 1. The molecule has 1 amide bonds. The van der Waals surface area contributed by atoms with Gasteiger partial charge in [0.25, 0.3) is 0 Å². The van der Waals surface area contributed by atoms with Crippen LogP contribution in [0.25, 0.3) is 11.6 Å². The van der Waals surface area contributed by atoms with E-state index in [0.29, 0.717) is 28.9 Å². The van der Waals surface area contributed by atoms with E-state index in [-0.39, 0.29) is 11.7 Å². The summed E-state index contributed by atoms with van der Waals surface area (Å²) in [6, 6.07) is 7.36. The molecule has 0 unspecified atom stereocenters. The number of allylic oxidation sites excluding steroid dienone is 1. The summed E-state index contributed by atoms with van der Waals surface area (Å²) < 4.78 is 0. The number of nitrogens with one attached hydrogen (secondary N) is 1. The standard InChI is InChI=1S/C23H30ClN3O.C3H7NO/c1-5-9-18(10-6-2)14-25-23-26-15-19(16(3)27-23)13-21(17(4)28)20-11-7-8-12-22(20)24;1-2-3(4)5/h7-8,11-13,15,18H,5-6,9-10,14H2,1-4H3,(H,25,26,27);2H2,1H3,(H2,4,5)/b21-13+;. The van der Waals surface area contributed by atoms with Gasteiger partial charge in [-0.15, -0.1) is 0 Å². The molecule has 1 aromatic carbocycles. The molecule has 0 aliphatic carbocycles. The average Bonchev–Trinajstić information content (AvgIpc) is 2.78. The van der Waals surface area contributed by atoms with Crippen molar-refractivity contribution in [3.05, 3.63) is 52.3 Å². The Hall–Kier alpha value is -2.73. The van der Waals surface area contributed by atoms with Crippen LogP contribution >= 0.6 is 11.6 Å². The number of hydrogen-bond donors (Lipinski definition) is 2. The Kier molecular flexibility index (Phi) is 13.0. The van der Waals surface area contributed by atoms with Crippen molar-refractivity contribution in [1.82, 2.24) is 9.97 Å². The minimum absolute atomic E-state index is 0.0447. The number of carbonyl (C=O) groups excluding carboxylic acids is 2. The number of aryl methyl sites for hydroxylation is 1. The number of anilines is 1. The maximum Gasteiger partial charge on any atom is 0.222 e. The average molecular weight is 473 g/mol. The molecule has 1 aromatic heterocycles. The van der Waals surface area contributed by atoms with Crippen LogP contribution in [0.15, 0.2) is 30.5 Å². The second kappa shape index (κ2) is 15.2. The SMILES string of the molecule is CCC(N)=O.CCCC(CCC)CNc1ncc(/C=C(\C(C)=O)c2ccccc2Cl)c(C)n1. The van der Waals surface area contributed by atoms with Gasteiger partial charge in [0, 0.05) is 40.9 Å². The molecule has 0 saturated carbocycles. The molecule has 0 atom stereocenters. The number of Topliss-reactive ketones (excluding diaryl/α,β-unsaturated/α-hetero) is 1. The van der Waals surface area contributed by atoms with Crippen molar-refractivity contribution < 1.29 is 9.59 Å². The van der Waals surface area contributed by atoms with Crippen molar-refractivity contribution in [1.29, 1.82) is 0 Å². The Balaban J connectivity index is 0.000000981. The molecular weight excluding hydrogens is 436 g/mol. The highest BCUT2D eigenvalue weighted by Gasteiger charge is 2.13. The Labute approximate surface area is 203 Å². The van der Waals surface area contributed by atoms with Crippen LogP contribution in [-0.2, 0) is 9.59 Å². The first-order valence-electron chi connectivity index (χ1n) is 11.6. The monoisotopic (exact) mass is 472 g/mol. The fourth-order valence-corrected chi connectivity index (χ4v) is 3.55. The second-order valence-electron chi connectivity index (χ2n) is 7.97. The summed E-state index contributed by atoms with van der Waals surface area (Å²) >= 11 is 6.28. The van der Waals surface area contributed by atoms with E-state index in [0.717, 1.165) is 23.4 Å². The van der Waals surface area contributed by atoms with Crippen LogP contribution in [0.3, 0.4) is 0 Å². The Bertz CT molecular complexity index is 938. The second-order valence-corrected chi connectivity index (χ2v) is 8.38. The van der Waals surface area contributed by atoms with Crippen molar-refractivity contribution in [3.63, 3.8) is 0 Å². The van der Waals surface area contributed by atoms with Gasteiger partial charge in [0.1, 0.15) is 0 Å². The number of rotatable bonds is 11. The molecule has 0 spiro atoms. The third kappa shape index (κ3) is 10.2. The molecule has 2 rings (SSSR count). The van der Waals surface area contributed by atoms with Crippen LogP contribution in [0, 0.1) is 12.8 Å². The molecular formula is C26H37ClN4O2. The molecule has 0 aliphatic rings. The maximum atomic E-state index is 12.2. The van der Waals surface area contributed by atoms with Crippen LogP contribution in [0.2, 0.25) is 5.02 Å². The topological polar surface area (TPSA) is 98.0 Å². The third-order valence-corrected chi connectivity index (χ3v) is 5.48. The Morgan fingerprint density at radius 2 is 1.76 bits per heavy atom. The lowest BCUT2D eigenvalue weighted by molar-refractivity contribution is -0.117. The predicted molar refractivity (Wildman–Crippen MR) is 138 cm³/mol. The van der Waals surface area contributed by atoms with E-state index in [4.69, 9.17) is 11.6 Å². The van der Waals surface area contributed by atoms with Crippen LogP contribution < -0.4 is 11.1 Å². The number of carbonyl (C=O) groups is 2. The van der Waals surface area contributed by atoms with E-state index in [2.05, 4.69) is 34.9 Å². The third-order valence-electron chi connectivity index (χ3n) is 5.15. The van der Waals surface area contributed by atoms with E-state index >= 15 is 0 Å². The van der Waals surface area contributed by atoms with Gasteiger partial charge in [0.05, 0.1) is 5.69 Å². The first-order valence-corrected chi connectivity index (χ1v) is 11.9. The molecule has 6 nitrogen and oxygen atoms in total. The van der Waals surface area contributed by atoms with Crippen LogP contribution in [-0.4, -0.2) is 28.2 Å². The molecule has 0 radical (unpaired) electrons. The van der Waals surface area contributed by atoms with Crippen molar-refractivity contribution in [2.45, 2.75) is 66.7 Å². The summed E-state index contributed by atoms with van der Waals surface area (Å²) in [6.07, 6.45) is 8.82. The minimum atomic E-state index is -0.245. The highest BCUT2D eigenvalue weighted by atomic mass is 35.5. The van der Waals surface area contributed by atoms with Crippen LogP contribution in [0.4, 0.5) is 5.95 Å². The smallest absolute Gasteiger partial charge is 0.222 e. The van der Waals surface area contributed by atoms with E-state index in [1.54, 1.807) is 26.1 Å². The van der Waals surface area contributed by atoms with Gasteiger partial charge < -0.3 is 11.1 Å². The highest BCUT2D eigenvalue weighted by Crippen LogP contribution is 2.27. The number of halogens is 1. The van der Waals surface area contributed by atoms with Gasteiger partial charge in [-0.1, -0.05) is 63.4 Å². The highest BCUT2D eigenvalue weighted by molar-refractivity contribution is 6.36. The first-order chi connectivity index (χ1) is 15.7. The molecule has 1 heterocycles. The van der Waals surface area contributed by atoms with Gasteiger partial charge in [-0.3, -0.25) is 9.59 Å². The van der Waals surface area contributed by atoms with Crippen molar-refractivity contribution >= 4 is 40.9 Å². The summed E-state index contributed by atoms with van der Waals surface area (Å²) in [7, 11) is 0. The molecule has 3 N–H and O–H groups in total. The molecule has 7 heteroatoms. The lowest BCUT2D eigenvalue weighted by Crippen LogP contribution is -2.16. The number of hydrogen-bond acceptors (Lipinski definition) is 5. The quantitative estimate of drug-likeness (QED) is 0.386. The van der Waals surface area contributed by atoms with E-state index in [1.807, 2.05) is 31.2 Å². The zero-order chi connectivity index (χ0) is 24.8. The number of aromatic nitrogens is 2. The number of nitrogens with zero attached hydrogens (tertiary/aromatic N) is 2. The molecule has 0 fully saturated rings. The Morgan fingerprint density at radius 1 is 1.15 bits per heavy atom. The fourth-order valence-electron chi connectivity index (χ4n) is 3.31. The molecule has 0 bridgehead atoms. The van der Waals surface area contributed by atoms with Gasteiger partial charge in [-0.2, -0.15) is 0 Å². The maximum absolute atomic E-state index is 12.2. The summed E-state index contributed by atoms with van der Waals surface area (Å²) in [5.74, 6) is 0.985. The van der Waals surface area contributed by atoms with Crippen molar-refractivity contribution in [3.8, 4) is 0 Å². The molecule has 0 aliphatic heterocycles. The van der Waals surface area contributed by atoms with E-state index in [9.17, 15) is 9.59 Å². The molecule has 180 valence electrons. The lowest BCUT2D eigenvalue weighted by atomic mass is 9.98. The summed E-state index contributed by atoms with van der Waals surface area (Å²) in [6.45, 7) is 10.5. The van der Waals surface area contributed by atoms with Crippen LogP contribution in [0.5, 0.6) is 0 Å². The lowest BCUT2D eigenvalue weighted by Gasteiger charge is -2.16. The zero-order valence-corrected chi connectivity index (χ0v) is 21.2. The van der Waals surface area contributed by atoms with Crippen molar-refractivity contribution in [2.75, 3.05) is 11.9 Å². The van der Waals surface area contributed by atoms with E-state index in [1.165, 1.54) is 25.7 Å². The predicted octanol–water partition coefficient (Wildman–Crippen LogP) is 6.08. The number of benzene rings is 1. The largest absolute Gasteiger partial charge is 0.370 e. The van der Waals surface area contributed by atoms with Gasteiger partial charge in [-0.25, -0.2) is 9.97 Å². The minimum Gasteiger partial charge on any atom is -0.370 e. The molecule has 2 aromatic rings.